The molecule has 106 valence electrons. The zero-order valence-electron chi connectivity index (χ0n) is 10.3. The second-order valence-electron chi connectivity index (χ2n) is 3.78. The van der Waals surface area contributed by atoms with E-state index in [0.29, 0.717) is 5.82 Å². The summed E-state index contributed by atoms with van der Waals surface area (Å²) < 4.78 is 21.4. The van der Waals surface area contributed by atoms with Gasteiger partial charge in [-0.2, -0.15) is 0 Å². The molecule has 19 heavy (non-hydrogen) atoms. The summed E-state index contributed by atoms with van der Waals surface area (Å²) in [7, 11) is -1.83. The van der Waals surface area contributed by atoms with Crippen LogP contribution >= 0.6 is 11.6 Å². The molecule has 0 aromatic carbocycles. The van der Waals surface area contributed by atoms with E-state index in [2.05, 4.69) is 15.6 Å². The van der Waals surface area contributed by atoms with Gasteiger partial charge in [0.15, 0.2) is 0 Å². The van der Waals surface area contributed by atoms with Crippen LogP contribution in [0.4, 0.5) is 5.82 Å². The molecule has 1 aromatic rings. The standard InChI is InChI=1S/C10H15ClN4O3S/c1-13-9-5-7(8(11)6-15-9)10(16)14-3-2-4-19(12,17)18/h5-6H,2-4H2,1H3,(H,13,15)(H,14,16)(H2,12,17,18). The van der Waals surface area contributed by atoms with Gasteiger partial charge < -0.3 is 10.6 Å². The summed E-state index contributed by atoms with van der Waals surface area (Å²) in [5, 5.41) is 10.4. The Labute approximate surface area is 116 Å². The Hall–Kier alpha value is -1.38. The van der Waals surface area contributed by atoms with E-state index in [9.17, 15) is 13.2 Å². The smallest absolute Gasteiger partial charge is 0.252 e. The number of amides is 1. The summed E-state index contributed by atoms with van der Waals surface area (Å²) in [5.74, 6) is -0.0588. The van der Waals surface area contributed by atoms with Gasteiger partial charge >= 0.3 is 0 Å². The number of hydrogen-bond acceptors (Lipinski definition) is 5. The minimum atomic E-state index is -3.50. The molecule has 0 aliphatic heterocycles. The number of primary sulfonamides is 1. The molecule has 1 rings (SSSR count). The zero-order chi connectivity index (χ0) is 14.5. The number of halogens is 1. The number of sulfonamides is 1. The van der Waals surface area contributed by atoms with Crippen molar-refractivity contribution in [1.82, 2.24) is 10.3 Å². The molecule has 0 saturated carbocycles. The number of rotatable bonds is 6. The molecule has 9 heteroatoms. The van der Waals surface area contributed by atoms with Crippen molar-refractivity contribution in [1.29, 1.82) is 0 Å². The van der Waals surface area contributed by atoms with E-state index in [0.717, 1.165) is 0 Å². The van der Waals surface area contributed by atoms with E-state index >= 15 is 0 Å². The second-order valence-corrected chi connectivity index (χ2v) is 5.92. The van der Waals surface area contributed by atoms with Gasteiger partial charge in [-0.25, -0.2) is 18.5 Å². The number of hydrogen-bond donors (Lipinski definition) is 3. The SMILES string of the molecule is CNc1cc(C(=O)NCCCS(N)(=O)=O)c(Cl)cn1. The van der Waals surface area contributed by atoms with Crippen LogP contribution in [0.5, 0.6) is 0 Å². The van der Waals surface area contributed by atoms with Gasteiger partial charge in [-0.15, -0.1) is 0 Å². The fraction of sp³-hybridized carbons (Fsp3) is 0.400. The Bertz CT molecular complexity index is 562. The summed E-state index contributed by atoms with van der Waals surface area (Å²) in [5.41, 5.74) is 0.275. The fourth-order valence-corrected chi connectivity index (χ4v) is 2.06. The number of pyridine rings is 1. The van der Waals surface area contributed by atoms with E-state index in [1.807, 2.05) is 0 Å². The average Bonchev–Trinajstić information content (AvgIpc) is 2.34. The Morgan fingerprint density at radius 1 is 1.53 bits per heavy atom. The minimum Gasteiger partial charge on any atom is -0.373 e. The molecule has 1 amide bonds. The molecule has 0 radical (unpaired) electrons. The third-order valence-corrected chi connectivity index (χ3v) is 3.41. The lowest BCUT2D eigenvalue weighted by Gasteiger charge is -2.07. The Balaban J connectivity index is 2.58. The van der Waals surface area contributed by atoms with Crippen LogP contribution in [0.3, 0.4) is 0 Å². The topological polar surface area (TPSA) is 114 Å². The third kappa shape index (κ3) is 5.41. The van der Waals surface area contributed by atoms with Crippen LogP contribution in [-0.2, 0) is 10.0 Å². The van der Waals surface area contributed by atoms with E-state index in [1.54, 1.807) is 7.05 Å². The first-order valence-electron chi connectivity index (χ1n) is 5.45. The van der Waals surface area contributed by atoms with Crippen LogP contribution in [0, 0.1) is 0 Å². The lowest BCUT2D eigenvalue weighted by molar-refractivity contribution is 0.0954. The summed E-state index contributed by atoms with van der Waals surface area (Å²) >= 11 is 5.87. The first-order chi connectivity index (χ1) is 8.83. The summed E-state index contributed by atoms with van der Waals surface area (Å²) in [6.07, 6.45) is 1.61. The van der Waals surface area contributed by atoms with Crippen LogP contribution < -0.4 is 15.8 Å². The highest BCUT2D eigenvalue weighted by atomic mass is 35.5. The zero-order valence-corrected chi connectivity index (χ0v) is 11.9. The number of anilines is 1. The summed E-state index contributed by atoms with van der Waals surface area (Å²) in [4.78, 5) is 15.8. The van der Waals surface area contributed by atoms with E-state index < -0.39 is 15.9 Å². The van der Waals surface area contributed by atoms with Crippen LogP contribution in [0.1, 0.15) is 16.8 Å². The van der Waals surface area contributed by atoms with Gasteiger partial charge in [0.1, 0.15) is 5.82 Å². The highest BCUT2D eigenvalue weighted by Gasteiger charge is 2.11. The Kier molecular flexibility index (Phi) is 5.52. The van der Waals surface area contributed by atoms with Gasteiger partial charge in [0.25, 0.3) is 5.91 Å². The van der Waals surface area contributed by atoms with Gasteiger partial charge in [0.2, 0.25) is 10.0 Å². The van der Waals surface area contributed by atoms with Gasteiger partial charge in [-0.05, 0) is 12.5 Å². The van der Waals surface area contributed by atoms with E-state index in [1.165, 1.54) is 12.3 Å². The number of carbonyl (C=O) groups excluding carboxylic acids is 1. The van der Waals surface area contributed by atoms with Crippen LogP contribution in [0.15, 0.2) is 12.3 Å². The van der Waals surface area contributed by atoms with Crippen molar-refractivity contribution >= 4 is 33.3 Å². The van der Waals surface area contributed by atoms with Gasteiger partial charge in [-0.3, -0.25) is 4.79 Å². The van der Waals surface area contributed by atoms with Crippen molar-refractivity contribution in [3.63, 3.8) is 0 Å². The van der Waals surface area contributed by atoms with Gasteiger partial charge in [-0.1, -0.05) is 11.6 Å². The number of aromatic nitrogens is 1. The van der Waals surface area contributed by atoms with Crippen molar-refractivity contribution in [2.75, 3.05) is 24.7 Å². The molecule has 0 fully saturated rings. The molecule has 0 aliphatic rings. The molecule has 7 nitrogen and oxygen atoms in total. The molecule has 0 bridgehead atoms. The maximum absolute atomic E-state index is 11.8. The first-order valence-corrected chi connectivity index (χ1v) is 7.55. The highest BCUT2D eigenvalue weighted by Crippen LogP contribution is 2.17. The number of carbonyl (C=O) groups is 1. The highest BCUT2D eigenvalue weighted by molar-refractivity contribution is 7.89. The van der Waals surface area contributed by atoms with Gasteiger partial charge in [0.05, 0.1) is 16.3 Å². The number of nitrogens with two attached hydrogens (primary N) is 1. The Morgan fingerprint density at radius 2 is 2.21 bits per heavy atom. The maximum atomic E-state index is 11.8. The largest absolute Gasteiger partial charge is 0.373 e. The van der Waals surface area contributed by atoms with Crippen molar-refractivity contribution in [3.8, 4) is 0 Å². The Morgan fingerprint density at radius 3 is 2.79 bits per heavy atom. The van der Waals surface area contributed by atoms with Crippen LogP contribution in [0.25, 0.3) is 0 Å². The van der Waals surface area contributed by atoms with Crippen molar-refractivity contribution in [2.45, 2.75) is 6.42 Å². The normalized spacial score (nSPS) is 11.1. The fourth-order valence-electron chi connectivity index (χ4n) is 1.32. The maximum Gasteiger partial charge on any atom is 0.252 e. The van der Waals surface area contributed by atoms with E-state index in [4.69, 9.17) is 16.7 Å². The van der Waals surface area contributed by atoms with Crippen LogP contribution in [-0.4, -0.2) is 38.7 Å². The van der Waals surface area contributed by atoms with E-state index in [-0.39, 0.29) is 29.3 Å². The monoisotopic (exact) mass is 306 g/mol. The van der Waals surface area contributed by atoms with Crippen molar-refractivity contribution in [2.24, 2.45) is 5.14 Å². The molecule has 0 aliphatic carbocycles. The molecule has 0 spiro atoms. The second kappa shape index (κ2) is 6.69. The predicted molar refractivity (Wildman–Crippen MR) is 73.7 cm³/mol. The van der Waals surface area contributed by atoms with Crippen LogP contribution in [0.2, 0.25) is 5.02 Å². The first kappa shape index (κ1) is 15.7. The molecule has 4 N–H and O–H groups in total. The van der Waals surface area contributed by atoms with Crippen molar-refractivity contribution < 1.29 is 13.2 Å². The molecule has 1 heterocycles. The molecule has 1 aromatic heterocycles. The van der Waals surface area contributed by atoms with Crippen molar-refractivity contribution in [3.05, 3.63) is 22.8 Å². The molecule has 0 unspecified atom stereocenters. The molecule has 0 atom stereocenters. The lowest BCUT2D eigenvalue weighted by atomic mass is 10.2. The molecular weight excluding hydrogens is 292 g/mol. The number of nitrogens with one attached hydrogen (secondary N) is 2. The summed E-state index contributed by atoms with van der Waals surface area (Å²) in [6.45, 7) is 0.197. The molecular formula is C10H15ClN4O3S. The number of nitrogens with zero attached hydrogens (tertiary/aromatic N) is 1. The minimum absolute atomic E-state index is 0.181. The quantitative estimate of drug-likeness (QED) is 0.649. The molecule has 0 saturated heterocycles. The predicted octanol–water partition coefficient (Wildman–Crippen LogP) is 0.185. The summed E-state index contributed by atoms with van der Waals surface area (Å²) in [6, 6.07) is 1.51. The van der Waals surface area contributed by atoms with Gasteiger partial charge in [0, 0.05) is 19.8 Å². The lowest BCUT2D eigenvalue weighted by Crippen LogP contribution is -2.27. The third-order valence-electron chi connectivity index (χ3n) is 2.25. The average molecular weight is 307 g/mol.